The van der Waals surface area contributed by atoms with Gasteiger partial charge in [-0.05, 0) is 37.1 Å². The number of piperidine rings is 1. The van der Waals surface area contributed by atoms with Crippen LogP contribution < -0.4 is 5.32 Å². The number of anilines is 1. The van der Waals surface area contributed by atoms with Crippen LogP contribution in [0.4, 0.5) is 18.9 Å². The molecule has 130 valence electrons. The Hall–Kier alpha value is -2.09. The molecule has 1 fully saturated rings. The Morgan fingerprint density at radius 3 is 2.46 bits per heavy atom. The minimum Gasteiger partial charge on any atom is -0.423 e. The summed E-state index contributed by atoms with van der Waals surface area (Å²) in [6.07, 6.45) is -1.85. The Morgan fingerprint density at radius 1 is 1.17 bits per heavy atom. The van der Waals surface area contributed by atoms with Crippen LogP contribution in [0.5, 0.6) is 0 Å². The summed E-state index contributed by atoms with van der Waals surface area (Å²) < 4.78 is 41.9. The van der Waals surface area contributed by atoms with Crippen molar-refractivity contribution in [3.8, 4) is 11.5 Å². The summed E-state index contributed by atoms with van der Waals surface area (Å²) in [7, 11) is 0. The molecule has 0 amide bonds. The first-order valence-corrected chi connectivity index (χ1v) is 7.92. The molecule has 0 unspecified atom stereocenters. The van der Waals surface area contributed by atoms with Crippen LogP contribution in [-0.2, 0) is 0 Å². The molecule has 2 heterocycles. The van der Waals surface area contributed by atoms with E-state index in [4.69, 9.17) is 4.42 Å². The lowest BCUT2D eigenvalue weighted by atomic mass is 10.0. The van der Waals surface area contributed by atoms with Crippen molar-refractivity contribution in [1.82, 2.24) is 15.1 Å². The standard InChI is InChI=1S/C16H19F3N4O/c17-16(18,19)7-10-23-8-5-14(6-9-23)21-13-3-1-12(2-4-13)15-22-20-11-24-15/h1-4,11,14,21H,5-10H2. The van der Waals surface area contributed by atoms with E-state index in [-0.39, 0.29) is 12.6 Å². The van der Waals surface area contributed by atoms with Crippen LogP contribution in [0.3, 0.4) is 0 Å². The number of nitrogens with one attached hydrogen (secondary N) is 1. The smallest absolute Gasteiger partial charge is 0.390 e. The molecule has 3 rings (SSSR count). The molecule has 1 aliphatic rings. The average Bonchev–Trinajstić information content (AvgIpc) is 3.09. The fourth-order valence-electron chi connectivity index (χ4n) is 2.83. The first-order chi connectivity index (χ1) is 11.5. The number of aromatic nitrogens is 2. The van der Waals surface area contributed by atoms with Crippen molar-refractivity contribution < 1.29 is 17.6 Å². The Morgan fingerprint density at radius 2 is 1.88 bits per heavy atom. The first-order valence-electron chi connectivity index (χ1n) is 7.92. The number of halogens is 3. The predicted octanol–water partition coefficient (Wildman–Crippen LogP) is 3.57. The number of hydrogen-bond acceptors (Lipinski definition) is 5. The van der Waals surface area contributed by atoms with Crippen LogP contribution in [0, 0.1) is 0 Å². The van der Waals surface area contributed by atoms with Gasteiger partial charge in [-0.1, -0.05) is 0 Å². The molecule has 0 atom stereocenters. The average molecular weight is 340 g/mol. The third-order valence-corrected chi connectivity index (χ3v) is 4.16. The van der Waals surface area contributed by atoms with Crippen molar-refractivity contribution in [2.75, 3.05) is 25.0 Å². The quantitative estimate of drug-likeness (QED) is 0.902. The van der Waals surface area contributed by atoms with E-state index in [0.29, 0.717) is 19.0 Å². The SMILES string of the molecule is FC(F)(F)CCN1CCC(Nc2ccc(-c3nnco3)cc2)CC1. The van der Waals surface area contributed by atoms with Crippen LogP contribution in [0.2, 0.25) is 0 Å². The molecule has 1 aromatic heterocycles. The Labute approximate surface area is 137 Å². The summed E-state index contributed by atoms with van der Waals surface area (Å²) in [5.41, 5.74) is 1.83. The maximum Gasteiger partial charge on any atom is 0.390 e. The van der Waals surface area contributed by atoms with Gasteiger partial charge in [0.1, 0.15) is 0 Å². The van der Waals surface area contributed by atoms with Crippen LogP contribution >= 0.6 is 0 Å². The summed E-state index contributed by atoms with van der Waals surface area (Å²) in [5.74, 6) is 0.472. The minimum atomic E-state index is -4.07. The molecule has 0 spiro atoms. The van der Waals surface area contributed by atoms with Crippen molar-refractivity contribution >= 4 is 5.69 Å². The van der Waals surface area contributed by atoms with Crippen LogP contribution in [0.25, 0.3) is 11.5 Å². The Balaban J connectivity index is 1.46. The van der Waals surface area contributed by atoms with Gasteiger partial charge in [-0.2, -0.15) is 13.2 Å². The molecule has 1 saturated heterocycles. The number of rotatable bonds is 5. The number of likely N-dealkylation sites (tertiary alicyclic amines) is 1. The molecular formula is C16H19F3N4O. The van der Waals surface area contributed by atoms with Gasteiger partial charge in [-0.3, -0.25) is 0 Å². The minimum absolute atomic E-state index is 0.0924. The first kappa shape index (κ1) is 16.8. The lowest BCUT2D eigenvalue weighted by molar-refractivity contribution is -0.138. The van der Waals surface area contributed by atoms with Gasteiger partial charge in [0.15, 0.2) is 0 Å². The second kappa shape index (κ2) is 7.21. The number of alkyl halides is 3. The van der Waals surface area contributed by atoms with Gasteiger partial charge in [-0.25, -0.2) is 0 Å². The van der Waals surface area contributed by atoms with Crippen molar-refractivity contribution in [3.05, 3.63) is 30.7 Å². The normalized spacial score (nSPS) is 17.1. The van der Waals surface area contributed by atoms with E-state index in [9.17, 15) is 13.2 Å². The summed E-state index contributed by atoms with van der Waals surface area (Å²) in [6, 6.07) is 7.95. The highest BCUT2D eigenvalue weighted by Gasteiger charge is 2.29. The zero-order valence-corrected chi connectivity index (χ0v) is 13.1. The van der Waals surface area contributed by atoms with E-state index < -0.39 is 12.6 Å². The lowest BCUT2D eigenvalue weighted by Gasteiger charge is -2.33. The van der Waals surface area contributed by atoms with Gasteiger partial charge in [0.05, 0.1) is 6.42 Å². The highest BCUT2D eigenvalue weighted by Crippen LogP contribution is 2.23. The van der Waals surface area contributed by atoms with Gasteiger partial charge in [0.25, 0.3) is 0 Å². The van der Waals surface area contributed by atoms with Crippen molar-refractivity contribution in [2.24, 2.45) is 0 Å². The molecule has 1 aromatic carbocycles. The molecule has 1 N–H and O–H groups in total. The van der Waals surface area contributed by atoms with Crippen LogP contribution in [0.1, 0.15) is 19.3 Å². The van der Waals surface area contributed by atoms with Gasteiger partial charge >= 0.3 is 6.18 Å². The van der Waals surface area contributed by atoms with Crippen LogP contribution in [0.15, 0.2) is 35.1 Å². The topological polar surface area (TPSA) is 54.2 Å². The fraction of sp³-hybridized carbons (Fsp3) is 0.500. The van der Waals surface area contributed by atoms with E-state index >= 15 is 0 Å². The third kappa shape index (κ3) is 4.70. The molecule has 5 nitrogen and oxygen atoms in total. The molecular weight excluding hydrogens is 321 g/mol. The molecule has 0 bridgehead atoms. The van der Waals surface area contributed by atoms with E-state index in [1.807, 2.05) is 29.2 Å². The second-order valence-electron chi connectivity index (χ2n) is 5.95. The molecule has 24 heavy (non-hydrogen) atoms. The van der Waals surface area contributed by atoms with Gasteiger partial charge in [-0.15, -0.1) is 10.2 Å². The maximum atomic E-state index is 12.3. The summed E-state index contributed by atoms with van der Waals surface area (Å²) >= 11 is 0. The second-order valence-corrected chi connectivity index (χ2v) is 5.95. The van der Waals surface area contributed by atoms with E-state index in [2.05, 4.69) is 15.5 Å². The number of benzene rings is 1. The zero-order chi connectivity index (χ0) is 17.0. The highest BCUT2D eigenvalue weighted by atomic mass is 19.4. The third-order valence-electron chi connectivity index (χ3n) is 4.16. The van der Waals surface area contributed by atoms with Gasteiger partial charge < -0.3 is 14.6 Å². The van der Waals surface area contributed by atoms with E-state index in [0.717, 1.165) is 24.1 Å². The van der Waals surface area contributed by atoms with Gasteiger partial charge in [0, 0.05) is 36.9 Å². The Kier molecular flexibility index (Phi) is 5.03. The van der Waals surface area contributed by atoms with Crippen molar-refractivity contribution in [1.29, 1.82) is 0 Å². The largest absolute Gasteiger partial charge is 0.423 e. The van der Waals surface area contributed by atoms with Crippen LogP contribution in [-0.4, -0.2) is 46.9 Å². The maximum absolute atomic E-state index is 12.3. The number of hydrogen-bond donors (Lipinski definition) is 1. The number of nitrogens with zero attached hydrogens (tertiary/aromatic N) is 3. The lowest BCUT2D eigenvalue weighted by Crippen LogP contribution is -2.40. The molecule has 8 heteroatoms. The molecule has 1 aliphatic heterocycles. The molecule has 2 aromatic rings. The van der Waals surface area contributed by atoms with E-state index in [1.165, 1.54) is 6.39 Å². The van der Waals surface area contributed by atoms with Gasteiger partial charge in [0.2, 0.25) is 12.3 Å². The monoisotopic (exact) mass is 340 g/mol. The molecule has 0 aliphatic carbocycles. The summed E-state index contributed by atoms with van der Waals surface area (Å²) in [5, 5.41) is 10.9. The van der Waals surface area contributed by atoms with Crippen molar-refractivity contribution in [3.63, 3.8) is 0 Å². The Bertz CT molecular complexity index is 620. The van der Waals surface area contributed by atoms with Crippen molar-refractivity contribution in [2.45, 2.75) is 31.5 Å². The predicted molar refractivity (Wildman–Crippen MR) is 83.5 cm³/mol. The molecule has 0 radical (unpaired) electrons. The summed E-state index contributed by atoms with van der Waals surface area (Å²) in [6.45, 7) is 1.47. The van der Waals surface area contributed by atoms with E-state index in [1.54, 1.807) is 0 Å². The fourth-order valence-corrected chi connectivity index (χ4v) is 2.83. The zero-order valence-electron chi connectivity index (χ0n) is 13.1. The summed E-state index contributed by atoms with van der Waals surface area (Å²) in [4.78, 5) is 1.88. The highest BCUT2D eigenvalue weighted by molar-refractivity contribution is 5.58. The molecule has 0 saturated carbocycles.